The second-order valence-corrected chi connectivity index (χ2v) is 9.77. The van der Waals surface area contributed by atoms with Gasteiger partial charge in [-0.15, -0.1) is 11.3 Å². The number of aromatic nitrogens is 1. The molecule has 0 radical (unpaired) electrons. The summed E-state index contributed by atoms with van der Waals surface area (Å²) in [5, 5.41) is 16.3. The molecule has 1 aromatic heterocycles. The molecule has 0 aliphatic carbocycles. The maximum absolute atomic E-state index is 12.6. The number of hydrogen-bond donors (Lipinski definition) is 2. The summed E-state index contributed by atoms with van der Waals surface area (Å²) in [7, 11) is -1.93. The monoisotopic (exact) mass is 458 g/mol. The fraction of sp³-hybridized carbons (Fsp3) is 0.238. The van der Waals surface area contributed by atoms with Gasteiger partial charge in [0, 0.05) is 24.0 Å². The Morgan fingerprint density at radius 3 is 2.65 bits per heavy atom. The van der Waals surface area contributed by atoms with Crippen molar-refractivity contribution < 1.29 is 18.3 Å². The molecule has 0 unspecified atom stereocenters. The topological polar surface area (TPSA) is 104 Å². The molecule has 162 valence electrons. The van der Waals surface area contributed by atoms with Crippen LogP contribution in [0, 0.1) is 0 Å². The Balaban J connectivity index is 1.43. The van der Waals surface area contributed by atoms with Crippen LogP contribution in [-0.4, -0.2) is 49.2 Å². The van der Waals surface area contributed by atoms with Crippen molar-refractivity contribution in [3.05, 3.63) is 53.4 Å². The highest BCUT2D eigenvalue weighted by Crippen LogP contribution is 2.28. The van der Waals surface area contributed by atoms with Crippen LogP contribution in [0.5, 0.6) is 11.5 Å². The van der Waals surface area contributed by atoms with E-state index >= 15 is 0 Å². The quantitative estimate of drug-likeness (QED) is 0.413. The average molecular weight is 459 g/mol. The summed E-state index contributed by atoms with van der Waals surface area (Å²) in [6.07, 6.45) is 3.42. The van der Waals surface area contributed by atoms with Crippen molar-refractivity contribution in [2.24, 2.45) is 5.10 Å². The first-order valence-electron chi connectivity index (χ1n) is 9.69. The van der Waals surface area contributed by atoms with Crippen molar-refractivity contribution in [3.8, 4) is 22.8 Å². The molecule has 31 heavy (non-hydrogen) atoms. The summed E-state index contributed by atoms with van der Waals surface area (Å²) in [6.45, 7) is 1.17. The molecule has 1 aliphatic heterocycles. The van der Waals surface area contributed by atoms with Gasteiger partial charge in [0.2, 0.25) is 15.2 Å². The van der Waals surface area contributed by atoms with E-state index in [2.05, 4.69) is 15.5 Å². The summed E-state index contributed by atoms with van der Waals surface area (Å²) in [4.78, 5) is 4.80. The molecule has 1 fully saturated rings. The molecule has 2 aromatic carbocycles. The molecule has 2 N–H and O–H groups in total. The number of ether oxygens (including phenoxy) is 1. The third-order valence-electron chi connectivity index (χ3n) is 4.93. The van der Waals surface area contributed by atoms with Crippen molar-refractivity contribution in [3.63, 3.8) is 0 Å². The number of sulfonamides is 1. The SMILES string of the molecule is COc1cc(C=NNc2nc(-c3ccc(S(=O)(=O)N4CCCC4)cc3)cs2)ccc1O. The first-order valence-corrected chi connectivity index (χ1v) is 12.0. The van der Waals surface area contributed by atoms with Gasteiger partial charge in [-0.05, 0) is 48.7 Å². The number of hydrazone groups is 1. The van der Waals surface area contributed by atoms with Gasteiger partial charge in [-0.3, -0.25) is 5.43 Å². The van der Waals surface area contributed by atoms with E-state index in [4.69, 9.17) is 4.74 Å². The Hall–Kier alpha value is -2.95. The fourth-order valence-electron chi connectivity index (χ4n) is 3.27. The van der Waals surface area contributed by atoms with Crippen molar-refractivity contribution in [2.45, 2.75) is 17.7 Å². The molecule has 0 saturated carbocycles. The molecule has 1 saturated heterocycles. The van der Waals surface area contributed by atoms with Gasteiger partial charge in [-0.2, -0.15) is 9.41 Å². The summed E-state index contributed by atoms with van der Waals surface area (Å²) < 4.78 is 31.9. The Labute approximate surface area is 184 Å². The Kier molecular flexibility index (Phi) is 6.21. The fourth-order valence-corrected chi connectivity index (χ4v) is 5.46. The largest absolute Gasteiger partial charge is 0.504 e. The van der Waals surface area contributed by atoms with Crippen LogP contribution in [0.25, 0.3) is 11.3 Å². The van der Waals surface area contributed by atoms with E-state index in [1.165, 1.54) is 28.8 Å². The first kappa shape index (κ1) is 21.3. The van der Waals surface area contributed by atoms with Crippen LogP contribution in [0.1, 0.15) is 18.4 Å². The lowest BCUT2D eigenvalue weighted by molar-refractivity contribution is 0.373. The number of nitrogens with zero attached hydrogens (tertiary/aromatic N) is 3. The number of methoxy groups -OCH3 is 1. The molecule has 2 heterocycles. The van der Waals surface area contributed by atoms with Gasteiger partial charge in [0.1, 0.15) is 0 Å². The van der Waals surface area contributed by atoms with E-state index in [0.29, 0.717) is 28.9 Å². The predicted octanol–water partition coefficient (Wildman–Crippen LogP) is 3.75. The van der Waals surface area contributed by atoms with Crippen LogP contribution in [0.15, 0.2) is 57.8 Å². The van der Waals surface area contributed by atoms with Crippen molar-refractivity contribution in [1.82, 2.24) is 9.29 Å². The number of nitrogens with one attached hydrogen (secondary N) is 1. The average Bonchev–Trinajstić information content (AvgIpc) is 3.48. The number of phenols is 1. The normalized spacial score (nSPS) is 14.9. The lowest BCUT2D eigenvalue weighted by atomic mass is 10.2. The summed E-state index contributed by atoms with van der Waals surface area (Å²) in [6, 6.07) is 11.7. The van der Waals surface area contributed by atoms with E-state index in [-0.39, 0.29) is 5.75 Å². The molecule has 8 nitrogen and oxygen atoms in total. The van der Waals surface area contributed by atoms with Gasteiger partial charge in [-0.25, -0.2) is 13.4 Å². The molecule has 0 bridgehead atoms. The van der Waals surface area contributed by atoms with Crippen LogP contribution in [-0.2, 0) is 10.0 Å². The number of thiazole rings is 1. The van der Waals surface area contributed by atoms with Crippen molar-refractivity contribution in [1.29, 1.82) is 0 Å². The highest BCUT2D eigenvalue weighted by atomic mass is 32.2. The molecule has 3 aromatic rings. The second kappa shape index (κ2) is 9.04. The van der Waals surface area contributed by atoms with Gasteiger partial charge < -0.3 is 9.84 Å². The van der Waals surface area contributed by atoms with E-state index in [1.807, 2.05) is 5.38 Å². The highest BCUT2D eigenvalue weighted by Gasteiger charge is 2.27. The Morgan fingerprint density at radius 1 is 1.19 bits per heavy atom. The van der Waals surface area contributed by atoms with Crippen LogP contribution < -0.4 is 10.2 Å². The van der Waals surface area contributed by atoms with Crippen LogP contribution >= 0.6 is 11.3 Å². The number of aromatic hydroxyl groups is 1. The molecule has 4 rings (SSSR count). The van der Waals surface area contributed by atoms with E-state index in [1.54, 1.807) is 42.6 Å². The van der Waals surface area contributed by atoms with Crippen molar-refractivity contribution >= 4 is 32.7 Å². The zero-order chi connectivity index (χ0) is 21.8. The lowest BCUT2D eigenvalue weighted by Gasteiger charge is -2.15. The molecule has 0 atom stereocenters. The summed E-state index contributed by atoms with van der Waals surface area (Å²) >= 11 is 1.39. The molecular weight excluding hydrogens is 436 g/mol. The minimum Gasteiger partial charge on any atom is -0.504 e. The van der Waals surface area contributed by atoms with E-state index in [0.717, 1.165) is 29.7 Å². The van der Waals surface area contributed by atoms with Gasteiger partial charge in [0.15, 0.2) is 11.5 Å². The standard InChI is InChI=1S/C21H22N4O4S2/c1-29-20-12-15(4-9-19(20)26)13-22-24-21-23-18(14-30-21)16-5-7-17(8-6-16)31(27,28)25-10-2-3-11-25/h4-9,12-14,26H,2-3,10-11H2,1H3,(H,23,24). The zero-order valence-electron chi connectivity index (χ0n) is 16.9. The van der Waals surface area contributed by atoms with Gasteiger partial charge in [0.25, 0.3) is 0 Å². The third kappa shape index (κ3) is 4.71. The highest BCUT2D eigenvalue weighted by molar-refractivity contribution is 7.89. The number of phenolic OH excluding ortho intramolecular Hbond substituents is 1. The smallest absolute Gasteiger partial charge is 0.243 e. The minimum atomic E-state index is -3.42. The van der Waals surface area contributed by atoms with Gasteiger partial charge in [-0.1, -0.05) is 12.1 Å². The maximum atomic E-state index is 12.6. The zero-order valence-corrected chi connectivity index (χ0v) is 18.5. The van der Waals surface area contributed by atoms with Crippen molar-refractivity contribution in [2.75, 3.05) is 25.6 Å². The Morgan fingerprint density at radius 2 is 1.94 bits per heavy atom. The van der Waals surface area contributed by atoms with Crippen LogP contribution in [0.2, 0.25) is 0 Å². The predicted molar refractivity (Wildman–Crippen MR) is 121 cm³/mol. The number of benzene rings is 2. The molecule has 0 spiro atoms. The number of hydrogen-bond acceptors (Lipinski definition) is 8. The maximum Gasteiger partial charge on any atom is 0.243 e. The summed E-state index contributed by atoms with van der Waals surface area (Å²) in [5.74, 6) is 0.437. The molecule has 0 amide bonds. The lowest BCUT2D eigenvalue weighted by Crippen LogP contribution is -2.27. The van der Waals surface area contributed by atoms with E-state index < -0.39 is 10.0 Å². The Bertz CT molecular complexity index is 1180. The van der Waals surface area contributed by atoms with E-state index in [9.17, 15) is 13.5 Å². The molecule has 1 aliphatic rings. The van der Waals surface area contributed by atoms with Gasteiger partial charge >= 0.3 is 0 Å². The third-order valence-corrected chi connectivity index (χ3v) is 7.59. The molecule has 10 heteroatoms. The number of rotatable bonds is 7. The first-order chi connectivity index (χ1) is 15.0. The van der Waals surface area contributed by atoms with Crippen LogP contribution in [0.3, 0.4) is 0 Å². The van der Waals surface area contributed by atoms with Crippen LogP contribution in [0.4, 0.5) is 5.13 Å². The number of anilines is 1. The summed E-state index contributed by atoms with van der Waals surface area (Å²) in [5.41, 5.74) is 5.20. The van der Waals surface area contributed by atoms with Gasteiger partial charge in [0.05, 0.1) is 23.9 Å². The minimum absolute atomic E-state index is 0.0661. The second-order valence-electron chi connectivity index (χ2n) is 6.97. The molecular formula is C21H22N4O4S2.